The maximum Gasteiger partial charge on any atom is 0.122 e. The third-order valence-electron chi connectivity index (χ3n) is 3.24. The monoisotopic (exact) mass is 240 g/mol. The third-order valence-corrected chi connectivity index (χ3v) is 3.24. The summed E-state index contributed by atoms with van der Waals surface area (Å²) in [5.74, 6) is 1.01. The van der Waals surface area contributed by atoms with E-state index in [4.69, 9.17) is 4.74 Å². The Hall–Kier alpha value is -1.76. The molecule has 0 aromatic heterocycles. The van der Waals surface area contributed by atoms with Gasteiger partial charge in [-0.3, -0.25) is 0 Å². The van der Waals surface area contributed by atoms with Crippen LogP contribution >= 0.6 is 0 Å². The number of ether oxygens (including phenoxy) is 1. The van der Waals surface area contributed by atoms with Crippen molar-refractivity contribution in [2.75, 3.05) is 0 Å². The van der Waals surface area contributed by atoms with Crippen molar-refractivity contribution in [2.45, 2.75) is 33.3 Å². The first-order valence-corrected chi connectivity index (χ1v) is 6.62. The van der Waals surface area contributed by atoms with Crippen LogP contribution in [0.1, 0.15) is 30.5 Å². The number of hydrogen-bond donors (Lipinski definition) is 0. The molecule has 2 rings (SSSR count). The molecule has 1 heteroatoms. The summed E-state index contributed by atoms with van der Waals surface area (Å²) in [7, 11) is 0. The van der Waals surface area contributed by atoms with Gasteiger partial charge >= 0.3 is 0 Å². The second-order valence-electron chi connectivity index (χ2n) is 4.37. The van der Waals surface area contributed by atoms with Gasteiger partial charge in [-0.2, -0.15) is 0 Å². The topological polar surface area (TPSA) is 9.23 Å². The molecule has 2 aromatic carbocycles. The highest BCUT2D eigenvalue weighted by Crippen LogP contribution is 2.20. The molecule has 0 amide bonds. The molecule has 0 radical (unpaired) electrons. The second kappa shape index (κ2) is 6.25. The Balaban J connectivity index is 2.11. The summed E-state index contributed by atoms with van der Waals surface area (Å²) >= 11 is 0. The Morgan fingerprint density at radius 3 is 1.94 bits per heavy atom. The molecule has 0 heterocycles. The smallest absolute Gasteiger partial charge is 0.122 e. The Bertz CT molecular complexity index is 455. The number of hydrogen-bond acceptors (Lipinski definition) is 1. The van der Waals surface area contributed by atoms with Gasteiger partial charge in [0.25, 0.3) is 0 Å². The zero-order chi connectivity index (χ0) is 12.8. The molecule has 18 heavy (non-hydrogen) atoms. The van der Waals surface area contributed by atoms with Crippen LogP contribution in [0.15, 0.2) is 48.5 Å². The van der Waals surface area contributed by atoms with Crippen molar-refractivity contribution in [1.82, 2.24) is 0 Å². The highest BCUT2D eigenvalue weighted by Gasteiger charge is 2.03. The van der Waals surface area contributed by atoms with E-state index in [-0.39, 0.29) is 0 Å². The molecule has 0 spiro atoms. The number of para-hydroxylation sites is 1. The first-order chi connectivity index (χ1) is 8.85. The first kappa shape index (κ1) is 12.7. The van der Waals surface area contributed by atoms with Gasteiger partial charge in [0.2, 0.25) is 0 Å². The lowest BCUT2D eigenvalue weighted by Gasteiger charge is -2.12. The molecule has 0 atom stereocenters. The summed E-state index contributed by atoms with van der Waals surface area (Å²) in [5.41, 5.74) is 3.92. The van der Waals surface area contributed by atoms with E-state index >= 15 is 0 Å². The Labute approximate surface area is 109 Å². The molecule has 0 aliphatic carbocycles. The van der Waals surface area contributed by atoms with Crippen LogP contribution in [-0.2, 0) is 19.4 Å². The third kappa shape index (κ3) is 2.92. The lowest BCUT2D eigenvalue weighted by molar-refractivity contribution is 0.302. The molecule has 0 aliphatic heterocycles. The van der Waals surface area contributed by atoms with Crippen molar-refractivity contribution in [1.29, 1.82) is 0 Å². The van der Waals surface area contributed by atoms with Crippen molar-refractivity contribution in [3.63, 3.8) is 0 Å². The van der Waals surface area contributed by atoms with Crippen molar-refractivity contribution >= 4 is 0 Å². The van der Waals surface area contributed by atoms with Gasteiger partial charge in [0.05, 0.1) is 0 Å². The maximum absolute atomic E-state index is 5.96. The van der Waals surface area contributed by atoms with Crippen LogP contribution in [0, 0.1) is 0 Å². The molecule has 0 aliphatic rings. The molecular weight excluding hydrogens is 220 g/mol. The average Bonchev–Trinajstić information content (AvgIpc) is 2.45. The van der Waals surface area contributed by atoms with Crippen LogP contribution in [0.4, 0.5) is 0 Å². The zero-order valence-corrected chi connectivity index (χ0v) is 11.1. The number of rotatable bonds is 5. The Kier molecular flexibility index (Phi) is 4.40. The zero-order valence-electron chi connectivity index (χ0n) is 11.1. The van der Waals surface area contributed by atoms with Crippen LogP contribution < -0.4 is 4.74 Å². The lowest BCUT2D eigenvalue weighted by atomic mass is 10.1. The number of aryl methyl sites for hydroxylation is 2. The van der Waals surface area contributed by atoms with Gasteiger partial charge in [0, 0.05) is 0 Å². The fourth-order valence-corrected chi connectivity index (χ4v) is 2.14. The molecule has 0 saturated heterocycles. The molecule has 0 unspecified atom stereocenters. The quantitative estimate of drug-likeness (QED) is 0.753. The van der Waals surface area contributed by atoms with Crippen molar-refractivity contribution in [3.8, 4) is 5.75 Å². The van der Waals surface area contributed by atoms with Gasteiger partial charge in [0.1, 0.15) is 12.4 Å². The largest absolute Gasteiger partial charge is 0.489 e. The minimum Gasteiger partial charge on any atom is -0.489 e. The molecule has 2 aromatic rings. The highest BCUT2D eigenvalue weighted by molar-refractivity contribution is 5.34. The van der Waals surface area contributed by atoms with E-state index in [1.807, 2.05) is 12.1 Å². The van der Waals surface area contributed by atoms with E-state index in [0.717, 1.165) is 18.6 Å². The van der Waals surface area contributed by atoms with Gasteiger partial charge < -0.3 is 4.74 Å². The maximum atomic E-state index is 5.96. The summed E-state index contributed by atoms with van der Waals surface area (Å²) in [5, 5.41) is 0. The van der Waals surface area contributed by atoms with Gasteiger partial charge in [-0.15, -0.1) is 0 Å². The molecule has 94 valence electrons. The van der Waals surface area contributed by atoms with Gasteiger partial charge in [-0.1, -0.05) is 56.3 Å². The van der Waals surface area contributed by atoms with E-state index in [1.54, 1.807) is 0 Å². The lowest BCUT2D eigenvalue weighted by Crippen LogP contribution is -2.01. The van der Waals surface area contributed by atoms with Crippen LogP contribution in [0.3, 0.4) is 0 Å². The van der Waals surface area contributed by atoms with E-state index in [1.165, 1.54) is 16.7 Å². The summed E-state index contributed by atoms with van der Waals surface area (Å²) in [4.78, 5) is 0. The molecular formula is C17H20O. The summed E-state index contributed by atoms with van der Waals surface area (Å²) in [6.45, 7) is 4.99. The predicted octanol–water partition coefficient (Wildman–Crippen LogP) is 4.39. The molecule has 0 N–H and O–H groups in total. The van der Waals surface area contributed by atoms with E-state index in [0.29, 0.717) is 6.61 Å². The molecule has 0 bridgehead atoms. The SMILES string of the molecule is CCc1ccccc1COc1ccccc1CC. The molecule has 0 fully saturated rings. The summed E-state index contributed by atoms with van der Waals surface area (Å²) < 4.78 is 5.96. The average molecular weight is 240 g/mol. The van der Waals surface area contributed by atoms with Gasteiger partial charge in [-0.05, 0) is 35.6 Å². The summed E-state index contributed by atoms with van der Waals surface area (Å²) in [6.07, 6.45) is 2.06. The fraction of sp³-hybridized carbons (Fsp3) is 0.294. The normalized spacial score (nSPS) is 10.3. The van der Waals surface area contributed by atoms with Crippen LogP contribution in [0.25, 0.3) is 0 Å². The fourth-order valence-electron chi connectivity index (χ4n) is 2.14. The van der Waals surface area contributed by atoms with Crippen molar-refractivity contribution < 1.29 is 4.74 Å². The van der Waals surface area contributed by atoms with Crippen LogP contribution in [0.2, 0.25) is 0 Å². The van der Waals surface area contributed by atoms with E-state index in [2.05, 4.69) is 50.2 Å². The minimum absolute atomic E-state index is 0.654. The van der Waals surface area contributed by atoms with Crippen molar-refractivity contribution in [3.05, 3.63) is 65.2 Å². The Morgan fingerprint density at radius 2 is 1.28 bits per heavy atom. The van der Waals surface area contributed by atoms with Gasteiger partial charge in [-0.25, -0.2) is 0 Å². The van der Waals surface area contributed by atoms with E-state index < -0.39 is 0 Å². The first-order valence-electron chi connectivity index (χ1n) is 6.62. The summed E-state index contributed by atoms with van der Waals surface area (Å²) in [6, 6.07) is 16.7. The van der Waals surface area contributed by atoms with Crippen LogP contribution in [-0.4, -0.2) is 0 Å². The molecule has 1 nitrogen and oxygen atoms in total. The van der Waals surface area contributed by atoms with E-state index in [9.17, 15) is 0 Å². The van der Waals surface area contributed by atoms with Crippen molar-refractivity contribution in [2.24, 2.45) is 0 Å². The Morgan fingerprint density at radius 1 is 0.722 bits per heavy atom. The number of benzene rings is 2. The van der Waals surface area contributed by atoms with Gasteiger partial charge in [0.15, 0.2) is 0 Å². The second-order valence-corrected chi connectivity index (χ2v) is 4.37. The van der Waals surface area contributed by atoms with Crippen LogP contribution in [0.5, 0.6) is 5.75 Å². The minimum atomic E-state index is 0.654. The predicted molar refractivity (Wildman–Crippen MR) is 76.0 cm³/mol. The standard InChI is InChI=1S/C17H20O/c1-3-14-9-5-6-11-16(14)13-18-17-12-8-7-10-15(17)4-2/h5-12H,3-4,13H2,1-2H3. The highest BCUT2D eigenvalue weighted by atomic mass is 16.5. The molecule has 0 saturated carbocycles.